The summed E-state index contributed by atoms with van der Waals surface area (Å²) in [5.74, 6) is -0.641. The Balaban J connectivity index is 1.46. The van der Waals surface area contributed by atoms with E-state index in [2.05, 4.69) is 0 Å². The maximum Gasteiger partial charge on any atom is 0.417 e. The Morgan fingerprint density at radius 2 is 1.54 bits per heavy atom. The molecule has 0 aromatic heterocycles. The lowest BCUT2D eigenvalue weighted by molar-refractivity contribution is -0.139. The number of morpholine rings is 1. The van der Waals surface area contributed by atoms with Crippen molar-refractivity contribution in [3.05, 3.63) is 95.1 Å². The molecule has 2 heterocycles. The topological polar surface area (TPSA) is 70.2 Å². The predicted molar refractivity (Wildman–Crippen MR) is 148 cm³/mol. The molecule has 3 aromatic rings. The first-order valence-corrected chi connectivity index (χ1v) is 14.3. The van der Waals surface area contributed by atoms with Crippen molar-refractivity contribution >= 4 is 28.6 Å². The Hall–Kier alpha value is -3.54. The van der Waals surface area contributed by atoms with Crippen LogP contribution in [0, 0.1) is 0 Å². The van der Waals surface area contributed by atoms with Gasteiger partial charge in [0.05, 0.1) is 29.4 Å². The van der Waals surface area contributed by atoms with Crippen molar-refractivity contribution in [3.63, 3.8) is 0 Å². The minimum atomic E-state index is -4.86. The monoisotopic (exact) mass is 585 g/mol. The number of imide groups is 1. The number of rotatable bonds is 7. The van der Waals surface area contributed by atoms with Gasteiger partial charge in [-0.3, -0.25) is 4.79 Å². The number of ether oxygens (including phenoxy) is 1. The van der Waals surface area contributed by atoms with E-state index >= 15 is 0 Å². The lowest BCUT2D eigenvalue weighted by atomic mass is 9.97. The summed E-state index contributed by atoms with van der Waals surface area (Å²) in [5.41, 5.74) is 0.208. The van der Waals surface area contributed by atoms with Crippen molar-refractivity contribution in [1.82, 2.24) is 9.21 Å². The number of urea groups is 1. The van der Waals surface area contributed by atoms with Crippen molar-refractivity contribution in [2.75, 3.05) is 31.2 Å². The zero-order valence-electron chi connectivity index (χ0n) is 22.7. The largest absolute Gasteiger partial charge is 0.417 e. The van der Waals surface area contributed by atoms with Crippen LogP contribution in [0.5, 0.6) is 0 Å². The first-order valence-electron chi connectivity index (χ1n) is 13.2. The fourth-order valence-corrected chi connectivity index (χ4v) is 6.39. The molecule has 5 rings (SSSR count). The van der Waals surface area contributed by atoms with Crippen LogP contribution in [0.1, 0.15) is 36.1 Å². The fourth-order valence-electron chi connectivity index (χ4n) is 5.08. The van der Waals surface area contributed by atoms with E-state index in [0.717, 1.165) is 33.7 Å². The van der Waals surface area contributed by atoms with E-state index in [0.29, 0.717) is 6.42 Å². The Morgan fingerprint density at radius 3 is 2.20 bits per heavy atom. The number of carbonyl (C=O) groups excluding carboxylic acids is 2. The summed E-state index contributed by atoms with van der Waals surface area (Å²) in [4.78, 5) is 29.0. The first kappa shape index (κ1) is 29.0. The number of anilines is 1. The average molecular weight is 586 g/mol. The van der Waals surface area contributed by atoms with Gasteiger partial charge in [-0.05, 0) is 55.2 Å². The van der Waals surface area contributed by atoms with Crippen LogP contribution >= 0.6 is 0 Å². The zero-order valence-corrected chi connectivity index (χ0v) is 23.5. The normalized spacial score (nSPS) is 18.7. The van der Waals surface area contributed by atoms with Gasteiger partial charge in [0.15, 0.2) is 0 Å². The molecule has 2 aliphatic rings. The van der Waals surface area contributed by atoms with Crippen LogP contribution in [-0.4, -0.2) is 57.2 Å². The Morgan fingerprint density at radius 1 is 0.902 bits per heavy atom. The summed E-state index contributed by atoms with van der Waals surface area (Å²) in [7, 11) is -2.09. The first-order chi connectivity index (χ1) is 19.5. The quantitative estimate of drug-likeness (QED) is 0.349. The van der Waals surface area contributed by atoms with E-state index in [9.17, 15) is 27.0 Å². The molecule has 1 unspecified atom stereocenters. The smallest absolute Gasteiger partial charge is 0.379 e. The van der Waals surface area contributed by atoms with E-state index in [1.807, 2.05) is 54.6 Å². The molecule has 2 aliphatic heterocycles. The zero-order chi connectivity index (χ0) is 29.4. The lowest BCUT2D eigenvalue weighted by Crippen LogP contribution is -2.43. The van der Waals surface area contributed by atoms with Gasteiger partial charge in [0.25, 0.3) is 5.91 Å². The van der Waals surface area contributed by atoms with Crippen molar-refractivity contribution in [2.24, 2.45) is 0 Å². The number of nitrogens with zero attached hydrogens (tertiary/aromatic N) is 3. The number of hydrogen-bond acceptors (Lipinski definition) is 4. The van der Waals surface area contributed by atoms with Crippen LogP contribution in [0.2, 0.25) is 0 Å². The van der Waals surface area contributed by atoms with Crippen LogP contribution in [0.4, 0.5) is 23.7 Å². The van der Waals surface area contributed by atoms with Crippen molar-refractivity contribution in [3.8, 4) is 0 Å². The SMILES string of the molecule is CC1(C)C(=O)N(c2ccc(S(=O)N3CCOCC3)c(C(F)(F)F)c2)C(=O)N1Cc1ccccc1Cc1ccccc1. The van der Waals surface area contributed by atoms with Gasteiger partial charge in [0.1, 0.15) is 16.5 Å². The molecule has 216 valence electrons. The molecule has 2 saturated heterocycles. The van der Waals surface area contributed by atoms with Gasteiger partial charge in [-0.25, -0.2) is 18.2 Å². The van der Waals surface area contributed by atoms with E-state index in [4.69, 9.17) is 4.74 Å². The van der Waals surface area contributed by atoms with E-state index in [-0.39, 0.29) is 38.5 Å². The molecule has 3 aromatic carbocycles. The molecule has 0 bridgehead atoms. The van der Waals surface area contributed by atoms with Crippen molar-refractivity contribution in [2.45, 2.75) is 43.4 Å². The Labute approximate surface area is 239 Å². The number of halogens is 3. The summed E-state index contributed by atoms with van der Waals surface area (Å²) in [6.07, 6.45) is -4.24. The highest BCUT2D eigenvalue weighted by Gasteiger charge is 2.52. The summed E-state index contributed by atoms with van der Waals surface area (Å²) in [5, 5.41) is 0. The van der Waals surface area contributed by atoms with Crippen LogP contribution in [0.15, 0.2) is 77.7 Å². The molecule has 0 aliphatic carbocycles. The van der Waals surface area contributed by atoms with Crippen LogP contribution in [0.25, 0.3) is 0 Å². The molecule has 41 heavy (non-hydrogen) atoms. The van der Waals surface area contributed by atoms with Gasteiger partial charge < -0.3 is 9.64 Å². The molecular formula is C30H30F3N3O4S. The Bertz CT molecular complexity index is 1470. The third kappa shape index (κ3) is 5.79. The molecule has 0 saturated carbocycles. The highest BCUT2D eigenvalue weighted by molar-refractivity contribution is 7.82. The summed E-state index contributed by atoms with van der Waals surface area (Å²) < 4.78 is 62.3. The van der Waals surface area contributed by atoms with Gasteiger partial charge in [-0.2, -0.15) is 13.2 Å². The maximum atomic E-state index is 14.2. The molecule has 0 radical (unpaired) electrons. The summed E-state index contributed by atoms with van der Waals surface area (Å²) in [6, 6.07) is 19.8. The molecular weight excluding hydrogens is 555 g/mol. The van der Waals surface area contributed by atoms with Crippen LogP contribution in [-0.2, 0) is 39.7 Å². The number of benzene rings is 3. The van der Waals surface area contributed by atoms with Crippen LogP contribution in [0.3, 0.4) is 0 Å². The second-order valence-corrected chi connectivity index (χ2v) is 11.9. The second kappa shape index (κ2) is 11.4. The third-order valence-electron chi connectivity index (χ3n) is 7.43. The molecule has 0 spiro atoms. The predicted octanol–water partition coefficient (Wildman–Crippen LogP) is 5.40. The highest BCUT2D eigenvalue weighted by Crippen LogP contribution is 2.40. The highest BCUT2D eigenvalue weighted by atomic mass is 32.2. The minimum Gasteiger partial charge on any atom is -0.379 e. The fraction of sp³-hybridized carbons (Fsp3) is 0.333. The van der Waals surface area contributed by atoms with E-state index < -0.39 is 45.1 Å². The maximum absolute atomic E-state index is 14.2. The van der Waals surface area contributed by atoms with Gasteiger partial charge in [0, 0.05) is 19.6 Å². The molecule has 0 N–H and O–H groups in total. The van der Waals surface area contributed by atoms with Gasteiger partial charge >= 0.3 is 12.2 Å². The third-order valence-corrected chi connectivity index (χ3v) is 8.99. The van der Waals surface area contributed by atoms with Crippen molar-refractivity contribution < 1.29 is 31.7 Å². The summed E-state index contributed by atoms with van der Waals surface area (Å²) in [6.45, 7) is 4.25. The standard InChI is InChI=1S/C30H30F3N3O4S/c1-29(2)27(37)36(24-12-13-26(25(19-24)30(31,32)33)41(39)34-14-16-40-17-15-34)28(38)35(29)20-23-11-7-6-10-22(23)18-21-8-4-3-5-9-21/h3-13,19H,14-18,20H2,1-2H3. The molecule has 1 atom stereocenters. The number of hydrogen-bond donors (Lipinski definition) is 0. The van der Waals surface area contributed by atoms with Crippen LogP contribution < -0.4 is 4.90 Å². The van der Waals surface area contributed by atoms with Gasteiger partial charge in [0.2, 0.25) is 0 Å². The molecule has 3 amide bonds. The molecule has 2 fully saturated rings. The van der Waals surface area contributed by atoms with Crippen molar-refractivity contribution in [1.29, 1.82) is 0 Å². The Kier molecular flexibility index (Phi) is 8.04. The lowest BCUT2D eigenvalue weighted by Gasteiger charge is -2.28. The number of amides is 3. The number of carbonyl (C=O) groups is 2. The second-order valence-electron chi connectivity index (χ2n) is 10.5. The molecule has 11 heteroatoms. The van der Waals surface area contributed by atoms with E-state index in [1.54, 1.807) is 13.8 Å². The minimum absolute atomic E-state index is 0.0995. The van der Waals surface area contributed by atoms with Gasteiger partial charge in [-0.15, -0.1) is 0 Å². The van der Waals surface area contributed by atoms with Gasteiger partial charge in [-0.1, -0.05) is 54.6 Å². The average Bonchev–Trinajstić information content (AvgIpc) is 3.12. The van der Waals surface area contributed by atoms with E-state index in [1.165, 1.54) is 15.3 Å². The molecule has 7 nitrogen and oxygen atoms in total. The summed E-state index contributed by atoms with van der Waals surface area (Å²) >= 11 is 0. The number of alkyl halides is 3.